The Balaban J connectivity index is 1.67. The third-order valence-electron chi connectivity index (χ3n) is 6.73. The second-order valence-electron chi connectivity index (χ2n) is 9.00. The van der Waals surface area contributed by atoms with Gasteiger partial charge in [-0.05, 0) is 60.0 Å². The number of pyridine rings is 1. The molecule has 0 atom stereocenters. The van der Waals surface area contributed by atoms with Gasteiger partial charge >= 0.3 is 0 Å². The Hall–Kier alpha value is -3.78. The molecule has 0 aliphatic carbocycles. The molecule has 0 saturated carbocycles. The predicted octanol–water partition coefficient (Wildman–Crippen LogP) is 5.27. The van der Waals surface area contributed by atoms with Crippen molar-refractivity contribution >= 4 is 28.5 Å². The van der Waals surface area contributed by atoms with Gasteiger partial charge in [0.25, 0.3) is 5.56 Å². The fraction of sp³-hybridized carbons (Fsp3) is 0.121. The van der Waals surface area contributed by atoms with Gasteiger partial charge in [-0.15, -0.1) is 0 Å². The smallest absolute Gasteiger partial charge is 0.291 e. The maximum absolute atomic E-state index is 14.0. The van der Waals surface area contributed by atoms with Gasteiger partial charge < -0.3 is 9.72 Å². The van der Waals surface area contributed by atoms with Gasteiger partial charge in [0.05, 0.1) is 13.2 Å². The summed E-state index contributed by atoms with van der Waals surface area (Å²) in [4.78, 5) is 17.3. The van der Waals surface area contributed by atoms with Gasteiger partial charge in [-0.2, -0.15) is 0 Å². The van der Waals surface area contributed by atoms with E-state index in [1.165, 1.54) is 0 Å². The minimum absolute atomic E-state index is 0.0552. The first kappa shape index (κ1) is 24.9. The predicted molar refractivity (Wildman–Crippen MR) is 156 cm³/mol. The van der Waals surface area contributed by atoms with Gasteiger partial charge in [-0.3, -0.25) is 4.79 Å². The first-order chi connectivity index (χ1) is 18.2. The van der Waals surface area contributed by atoms with E-state index >= 15 is 0 Å². The van der Waals surface area contributed by atoms with Gasteiger partial charge in [-0.25, -0.2) is 0 Å². The molecule has 1 aromatic heterocycles. The normalized spacial score (nSPS) is 11.4. The molecule has 0 amide bonds. The van der Waals surface area contributed by atoms with Crippen molar-refractivity contribution in [3.63, 3.8) is 0 Å². The maximum atomic E-state index is 14.0. The standard InChI is InChI=1S/C33H30NO2P/c1-2-27-23-32(33(35)34-31(27)25-36-24-26-15-7-3-8-16-26)37(28-17-9-4-10-18-28,29-19-11-5-12-20-29)30-21-13-6-14-22-30/h3-23H,2,24-25H2,1H3/p+1. The minimum Gasteiger partial charge on any atom is -0.371 e. The van der Waals surface area contributed by atoms with E-state index in [9.17, 15) is 4.79 Å². The highest BCUT2D eigenvalue weighted by molar-refractivity contribution is 8.01. The fourth-order valence-corrected chi connectivity index (χ4v) is 9.25. The van der Waals surface area contributed by atoms with Crippen molar-refractivity contribution in [2.75, 3.05) is 0 Å². The van der Waals surface area contributed by atoms with Gasteiger partial charge in [0, 0.05) is 5.69 Å². The van der Waals surface area contributed by atoms with Gasteiger partial charge in [0.15, 0.2) is 5.30 Å². The molecule has 0 saturated heterocycles. The molecule has 0 fully saturated rings. The molecular formula is C33H31NO2P+. The quantitative estimate of drug-likeness (QED) is 0.278. The highest BCUT2D eigenvalue weighted by Gasteiger charge is 2.50. The van der Waals surface area contributed by atoms with E-state index in [-0.39, 0.29) is 5.56 Å². The van der Waals surface area contributed by atoms with Crippen LogP contribution in [0.1, 0.15) is 23.7 Å². The third-order valence-corrected chi connectivity index (χ3v) is 11.0. The van der Waals surface area contributed by atoms with Crippen molar-refractivity contribution in [3.05, 3.63) is 155 Å². The van der Waals surface area contributed by atoms with Crippen molar-refractivity contribution in [3.8, 4) is 0 Å². The molecule has 5 aromatic rings. The van der Waals surface area contributed by atoms with Crippen LogP contribution in [0.2, 0.25) is 0 Å². The zero-order valence-electron chi connectivity index (χ0n) is 21.0. The summed E-state index contributed by atoms with van der Waals surface area (Å²) >= 11 is 0. The molecule has 0 aliphatic rings. The summed E-state index contributed by atoms with van der Waals surface area (Å²) < 4.78 is 6.02. The molecular weight excluding hydrogens is 473 g/mol. The Morgan fingerprint density at radius 1 is 0.649 bits per heavy atom. The van der Waals surface area contributed by atoms with Crippen LogP contribution in [0, 0.1) is 0 Å². The van der Waals surface area contributed by atoms with E-state index in [0.29, 0.717) is 13.2 Å². The van der Waals surface area contributed by atoms with Crippen molar-refractivity contribution in [2.24, 2.45) is 0 Å². The lowest BCUT2D eigenvalue weighted by molar-refractivity contribution is 0.104. The number of H-pyrrole nitrogens is 1. The summed E-state index contributed by atoms with van der Waals surface area (Å²) in [5.41, 5.74) is 3.01. The van der Waals surface area contributed by atoms with E-state index < -0.39 is 7.26 Å². The number of rotatable bonds is 9. The highest BCUT2D eigenvalue weighted by Crippen LogP contribution is 2.53. The molecule has 37 heavy (non-hydrogen) atoms. The van der Waals surface area contributed by atoms with Gasteiger partial charge in [0.2, 0.25) is 0 Å². The highest BCUT2D eigenvalue weighted by atomic mass is 31.2. The monoisotopic (exact) mass is 504 g/mol. The van der Waals surface area contributed by atoms with Gasteiger partial charge in [-0.1, -0.05) is 91.9 Å². The van der Waals surface area contributed by atoms with Crippen LogP contribution in [-0.4, -0.2) is 4.98 Å². The first-order valence-electron chi connectivity index (χ1n) is 12.7. The molecule has 0 bridgehead atoms. The molecule has 0 spiro atoms. The number of aryl methyl sites for hydroxylation is 1. The average Bonchev–Trinajstić information content (AvgIpc) is 2.97. The number of ether oxygens (including phenoxy) is 1. The van der Waals surface area contributed by atoms with Gasteiger partial charge in [0.1, 0.15) is 23.2 Å². The van der Waals surface area contributed by atoms with E-state index in [1.54, 1.807) is 0 Å². The first-order valence-corrected chi connectivity index (χ1v) is 14.5. The summed E-state index contributed by atoms with van der Waals surface area (Å²) in [5.74, 6) is 0. The molecule has 0 aliphatic heterocycles. The van der Waals surface area contributed by atoms with Crippen LogP contribution < -0.4 is 26.8 Å². The second kappa shape index (κ2) is 11.5. The molecule has 1 N–H and O–H groups in total. The summed E-state index contributed by atoms with van der Waals surface area (Å²) in [6.45, 7) is 3.00. The Morgan fingerprint density at radius 2 is 1.11 bits per heavy atom. The largest absolute Gasteiger partial charge is 0.371 e. The zero-order chi connectivity index (χ0) is 25.5. The van der Waals surface area contributed by atoms with Crippen LogP contribution >= 0.6 is 7.26 Å². The Labute approximate surface area is 219 Å². The van der Waals surface area contributed by atoms with Crippen LogP contribution in [0.4, 0.5) is 0 Å². The van der Waals surface area contributed by atoms with Crippen LogP contribution in [0.5, 0.6) is 0 Å². The molecule has 4 heteroatoms. The lowest BCUT2D eigenvalue weighted by Crippen LogP contribution is -2.45. The number of benzene rings is 4. The molecule has 184 valence electrons. The maximum Gasteiger partial charge on any atom is 0.291 e. The van der Waals surface area contributed by atoms with Crippen LogP contribution in [-0.2, 0) is 24.4 Å². The van der Waals surface area contributed by atoms with Crippen molar-refractivity contribution in [2.45, 2.75) is 26.6 Å². The van der Waals surface area contributed by atoms with Crippen molar-refractivity contribution in [1.82, 2.24) is 4.98 Å². The molecule has 4 aromatic carbocycles. The summed E-state index contributed by atoms with van der Waals surface area (Å²) in [6.07, 6.45) is 0.798. The molecule has 0 radical (unpaired) electrons. The van der Waals surface area contributed by atoms with E-state index in [0.717, 1.165) is 44.5 Å². The Kier molecular flexibility index (Phi) is 7.75. The lowest BCUT2D eigenvalue weighted by atomic mass is 10.1. The molecule has 5 rings (SSSR count). The second-order valence-corrected chi connectivity index (χ2v) is 12.4. The third kappa shape index (κ3) is 5.06. The average molecular weight is 505 g/mol. The SMILES string of the molecule is CCc1cc([P+](c2ccccc2)(c2ccccc2)c2ccccc2)c(=O)[nH]c1COCc1ccccc1. The van der Waals surface area contributed by atoms with Crippen molar-refractivity contribution in [1.29, 1.82) is 0 Å². The fourth-order valence-electron chi connectivity index (χ4n) is 4.96. The van der Waals surface area contributed by atoms with Crippen LogP contribution in [0.3, 0.4) is 0 Å². The Morgan fingerprint density at radius 3 is 1.57 bits per heavy atom. The number of nitrogens with one attached hydrogen (secondary N) is 1. The van der Waals surface area contributed by atoms with E-state index in [2.05, 4.69) is 90.8 Å². The zero-order valence-corrected chi connectivity index (χ0v) is 21.9. The molecule has 0 unspecified atom stereocenters. The number of hydrogen-bond donors (Lipinski definition) is 1. The Bertz CT molecular complexity index is 1390. The molecule has 3 nitrogen and oxygen atoms in total. The summed E-state index contributed by atoms with van der Waals surface area (Å²) in [7, 11) is -2.46. The van der Waals surface area contributed by atoms with E-state index in [1.807, 2.05) is 48.5 Å². The number of aromatic amines is 1. The number of aromatic nitrogens is 1. The summed E-state index contributed by atoms with van der Waals surface area (Å²) in [6, 6.07) is 43.7. The van der Waals surface area contributed by atoms with Crippen molar-refractivity contribution < 1.29 is 4.74 Å². The topological polar surface area (TPSA) is 42.1 Å². The lowest BCUT2D eigenvalue weighted by Gasteiger charge is -2.27. The number of hydrogen-bond acceptors (Lipinski definition) is 2. The minimum atomic E-state index is -2.46. The molecule has 1 heterocycles. The van der Waals surface area contributed by atoms with Crippen LogP contribution in [0.15, 0.2) is 132 Å². The van der Waals surface area contributed by atoms with E-state index in [4.69, 9.17) is 4.74 Å². The van der Waals surface area contributed by atoms with Crippen LogP contribution in [0.25, 0.3) is 0 Å². The summed E-state index contributed by atoms with van der Waals surface area (Å²) in [5, 5.41) is 4.30.